The van der Waals surface area contributed by atoms with E-state index in [1.807, 2.05) is 19.9 Å². The first-order valence-electron chi connectivity index (χ1n) is 6.39. The molecule has 0 saturated heterocycles. The van der Waals surface area contributed by atoms with Gasteiger partial charge in [0.25, 0.3) is 0 Å². The van der Waals surface area contributed by atoms with Gasteiger partial charge in [0.1, 0.15) is 5.54 Å². The molecular weight excluding hydrogens is 232 g/mol. The van der Waals surface area contributed by atoms with Gasteiger partial charge in [0, 0.05) is 6.54 Å². The highest BCUT2D eigenvalue weighted by molar-refractivity contribution is 5.86. The Morgan fingerprint density at radius 1 is 1.22 bits per heavy atom. The molecule has 1 fully saturated rings. The number of amides is 2. The van der Waals surface area contributed by atoms with E-state index in [9.17, 15) is 14.7 Å². The van der Waals surface area contributed by atoms with Crippen LogP contribution in [0.5, 0.6) is 0 Å². The van der Waals surface area contributed by atoms with Crippen molar-refractivity contribution in [2.45, 2.75) is 51.5 Å². The molecule has 0 bridgehead atoms. The first kappa shape index (κ1) is 14.5. The fraction of sp³-hybridized carbons (Fsp3) is 0.692. The smallest absolute Gasteiger partial charge is 0.329 e. The highest BCUT2D eigenvalue weighted by atomic mass is 16.4. The van der Waals surface area contributed by atoms with E-state index >= 15 is 0 Å². The Bertz CT molecular complexity index is 340. The summed E-state index contributed by atoms with van der Waals surface area (Å²) in [5, 5.41) is 14.6. The van der Waals surface area contributed by atoms with Crippen molar-refractivity contribution in [1.29, 1.82) is 0 Å². The minimum atomic E-state index is -1.08. The second-order valence-electron chi connectivity index (χ2n) is 5.06. The molecule has 102 valence electrons. The Morgan fingerprint density at radius 2 is 1.83 bits per heavy atom. The molecule has 1 saturated carbocycles. The number of allylic oxidation sites excluding steroid dienone is 1. The standard InChI is InChI=1S/C13H22N2O3/c1-10(2)6-9-14-12(18)15-13(11(16)17)7-4-3-5-8-13/h6H,3-5,7-9H2,1-2H3,(H,16,17)(H2,14,15,18). The molecule has 1 rings (SSSR count). The summed E-state index contributed by atoms with van der Waals surface area (Å²) in [5.41, 5.74) is 0.0359. The van der Waals surface area contributed by atoms with E-state index < -0.39 is 17.5 Å². The van der Waals surface area contributed by atoms with Gasteiger partial charge in [-0.15, -0.1) is 0 Å². The van der Waals surface area contributed by atoms with Crippen LogP contribution in [0.25, 0.3) is 0 Å². The maximum Gasteiger partial charge on any atom is 0.329 e. The van der Waals surface area contributed by atoms with Gasteiger partial charge >= 0.3 is 12.0 Å². The summed E-state index contributed by atoms with van der Waals surface area (Å²) in [6.45, 7) is 4.31. The summed E-state index contributed by atoms with van der Waals surface area (Å²) in [6.07, 6.45) is 5.64. The number of carboxylic acid groups (broad SMARTS) is 1. The third kappa shape index (κ3) is 4.05. The number of urea groups is 1. The Morgan fingerprint density at radius 3 is 2.33 bits per heavy atom. The number of carbonyl (C=O) groups excluding carboxylic acids is 1. The quantitative estimate of drug-likeness (QED) is 0.672. The molecule has 0 radical (unpaired) electrons. The molecule has 1 aliphatic rings. The van der Waals surface area contributed by atoms with Gasteiger partial charge in [-0.3, -0.25) is 0 Å². The van der Waals surface area contributed by atoms with E-state index in [1.165, 1.54) is 0 Å². The Hall–Kier alpha value is -1.52. The summed E-state index contributed by atoms with van der Waals surface area (Å²) in [5.74, 6) is -0.931. The molecule has 0 atom stereocenters. The maximum absolute atomic E-state index is 11.7. The van der Waals surface area contributed by atoms with Gasteiger partial charge in [-0.25, -0.2) is 9.59 Å². The lowest BCUT2D eigenvalue weighted by Crippen LogP contribution is -2.58. The van der Waals surface area contributed by atoms with Crippen LogP contribution in [0.4, 0.5) is 4.79 Å². The average Bonchev–Trinajstić information content (AvgIpc) is 2.29. The topological polar surface area (TPSA) is 78.4 Å². The van der Waals surface area contributed by atoms with Crippen LogP contribution in [-0.2, 0) is 4.79 Å². The molecule has 0 aromatic heterocycles. The SMILES string of the molecule is CC(C)=CCNC(=O)NC1(C(=O)O)CCCCC1. The molecule has 0 unspecified atom stereocenters. The van der Waals surface area contributed by atoms with Crippen LogP contribution < -0.4 is 10.6 Å². The summed E-state index contributed by atoms with van der Waals surface area (Å²) in [4.78, 5) is 23.0. The lowest BCUT2D eigenvalue weighted by atomic mass is 9.82. The minimum Gasteiger partial charge on any atom is -0.480 e. The van der Waals surface area contributed by atoms with E-state index in [-0.39, 0.29) is 0 Å². The summed E-state index contributed by atoms with van der Waals surface area (Å²) < 4.78 is 0. The van der Waals surface area contributed by atoms with Gasteiger partial charge in [-0.1, -0.05) is 30.9 Å². The number of aliphatic carboxylic acids is 1. The number of nitrogens with one attached hydrogen (secondary N) is 2. The fourth-order valence-corrected chi connectivity index (χ4v) is 2.16. The molecule has 0 heterocycles. The molecule has 3 N–H and O–H groups in total. The normalized spacial score (nSPS) is 17.7. The molecule has 5 heteroatoms. The molecule has 1 aliphatic carbocycles. The lowest BCUT2D eigenvalue weighted by Gasteiger charge is -2.33. The van der Waals surface area contributed by atoms with E-state index in [1.54, 1.807) is 0 Å². The molecule has 18 heavy (non-hydrogen) atoms. The van der Waals surface area contributed by atoms with Gasteiger partial charge in [-0.2, -0.15) is 0 Å². The van der Waals surface area contributed by atoms with Gasteiger partial charge in [-0.05, 0) is 26.7 Å². The third-order valence-corrected chi connectivity index (χ3v) is 3.24. The van der Waals surface area contributed by atoms with Crippen molar-refractivity contribution in [2.75, 3.05) is 6.54 Å². The second kappa shape index (κ2) is 6.42. The van der Waals surface area contributed by atoms with Crippen molar-refractivity contribution >= 4 is 12.0 Å². The molecule has 0 aliphatic heterocycles. The van der Waals surface area contributed by atoms with Crippen molar-refractivity contribution in [2.24, 2.45) is 0 Å². The Balaban J connectivity index is 2.53. The summed E-state index contributed by atoms with van der Waals surface area (Å²) >= 11 is 0. The van der Waals surface area contributed by atoms with Gasteiger partial charge in [0.05, 0.1) is 0 Å². The molecule has 0 spiro atoms. The summed E-state index contributed by atoms with van der Waals surface area (Å²) in [6, 6.07) is -0.406. The van der Waals surface area contributed by atoms with Crippen molar-refractivity contribution < 1.29 is 14.7 Å². The van der Waals surface area contributed by atoms with Gasteiger partial charge in [0.2, 0.25) is 0 Å². The Kier molecular flexibility index (Phi) is 5.19. The van der Waals surface area contributed by atoms with E-state index in [2.05, 4.69) is 10.6 Å². The van der Waals surface area contributed by atoms with E-state index in [0.717, 1.165) is 24.8 Å². The molecule has 0 aromatic carbocycles. The van der Waals surface area contributed by atoms with Crippen LogP contribution in [0.3, 0.4) is 0 Å². The lowest BCUT2D eigenvalue weighted by molar-refractivity contribution is -0.145. The molecule has 5 nitrogen and oxygen atoms in total. The fourth-order valence-electron chi connectivity index (χ4n) is 2.16. The number of carboxylic acids is 1. The number of hydrogen-bond acceptors (Lipinski definition) is 2. The predicted molar refractivity (Wildman–Crippen MR) is 69.4 cm³/mol. The molecule has 2 amide bonds. The zero-order valence-electron chi connectivity index (χ0n) is 11.1. The predicted octanol–water partition coefficient (Wildman–Crippen LogP) is 2.04. The monoisotopic (exact) mass is 254 g/mol. The second-order valence-corrected chi connectivity index (χ2v) is 5.06. The van der Waals surface area contributed by atoms with E-state index in [0.29, 0.717) is 19.4 Å². The zero-order valence-corrected chi connectivity index (χ0v) is 11.1. The number of rotatable bonds is 4. The van der Waals surface area contributed by atoms with Crippen molar-refractivity contribution in [1.82, 2.24) is 10.6 Å². The Labute approximate surface area is 108 Å². The van der Waals surface area contributed by atoms with Crippen LogP contribution >= 0.6 is 0 Å². The first-order valence-corrected chi connectivity index (χ1v) is 6.39. The van der Waals surface area contributed by atoms with E-state index in [4.69, 9.17) is 0 Å². The maximum atomic E-state index is 11.7. The molecular formula is C13H22N2O3. The highest BCUT2D eigenvalue weighted by Gasteiger charge is 2.40. The zero-order chi connectivity index (χ0) is 13.6. The third-order valence-electron chi connectivity index (χ3n) is 3.24. The van der Waals surface area contributed by atoms with Crippen molar-refractivity contribution in [3.63, 3.8) is 0 Å². The summed E-state index contributed by atoms with van der Waals surface area (Å²) in [7, 11) is 0. The van der Waals surface area contributed by atoms with Crippen LogP contribution in [-0.4, -0.2) is 29.2 Å². The molecule has 0 aromatic rings. The van der Waals surface area contributed by atoms with Gasteiger partial charge in [0.15, 0.2) is 0 Å². The number of hydrogen-bond donors (Lipinski definition) is 3. The van der Waals surface area contributed by atoms with Crippen molar-refractivity contribution in [3.05, 3.63) is 11.6 Å². The largest absolute Gasteiger partial charge is 0.480 e. The van der Waals surface area contributed by atoms with Crippen LogP contribution in [0.15, 0.2) is 11.6 Å². The first-order chi connectivity index (χ1) is 8.46. The van der Waals surface area contributed by atoms with Crippen LogP contribution in [0.2, 0.25) is 0 Å². The number of carbonyl (C=O) groups is 2. The van der Waals surface area contributed by atoms with Crippen molar-refractivity contribution in [3.8, 4) is 0 Å². The van der Waals surface area contributed by atoms with Crippen LogP contribution in [0, 0.1) is 0 Å². The highest BCUT2D eigenvalue weighted by Crippen LogP contribution is 2.28. The minimum absolute atomic E-state index is 0.406. The van der Waals surface area contributed by atoms with Crippen LogP contribution in [0.1, 0.15) is 46.0 Å². The van der Waals surface area contributed by atoms with Gasteiger partial charge < -0.3 is 15.7 Å². The average molecular weight is 254 g/mol.